The number of thioether (sulfide) groups is 1. The molecule has 2 aromatic carbocycles. The van der Waals surface area contributed by atoms with Crippen molar-refractivity contribution in [1.29, 1.82) is 0 Å². The highest BCUT2D eigenvalue weighted by Gasteiger charge is 2.38. The quantitative estimate of drug-likeness (QED) is 0.760. The van der Waals surface area contributed by atoms with Crippen molar-refractivity contribution >= 4 is 29.4 Å². The molecule has 0 saturated heterocycles. The zero-order chi connectivity index (χ0) is 14.9. The normalized spacial score (nSPS) is 20.5. The predicted octanol–water partition coefficient (Wildman–Crippen LogP) is 4.52. The van der Waals surface area contributed by atoms with Crippen LogP contribution in [0.15, 0.2) is 59.5 Å². The van der Waals surface area contributed by atoms with E-state index in [1.54, 1.807) is 0 Å². The van der Waals surface area contributed by atoms with Crippen LogP contribution in [0.3, 0.4) is 0 Å². The van der Waals surface area contributed by atoms with Gasteiger partial charge in [0.05, 0.1) is 11.7 Å². The molecule has 0 fully saturated rings. The second-order valence-electron chi connectivity index (χ2n) is 6.03. The smallest absolute Gasteiger partial charge is 0.143 e. The molecule has 2 nitrogen and oxygen atoms in total. The summed E-state index contributed by atoms with van der Waals surface area (Å²) in [7, 11) is 0. The van der Waals surface area contributed by atoms with E-state index in [2.05, 4.69) is 49.1 Å². The molecular formula is C18H19NOS. The van der Waals surface area contributed by atoms with Crippen molar-refractivity contribution in [3.8, 4) is 0 Å². The number of rotatable bonds is 2. The fraction of sp³-hybridized carbons (Fsp3) is 0.278. The van der Waals surface area contributed by atoms with Gasteiger partial charge in [0.25, 0.3) is 0 Å². The molecule has 1 aliphatic rings. The van der Waals surface area contributed by atoms with E-state index in [4.69, 9.17) is 0 Å². The Morgan fingerprint density at radius 2 is 1.76 bits per heavy atom. The molecule has 1 aliphatic heterocycles. The Bertz CT molecular complexity index is 639. The van der Waals surface area contributed by atoms with Crippen molar-refractivity contribution in [3.63, 3.8) is 0 Å². The van der Waals surface area contributed by atoms with Gasteiger partial charge in [0.1, 0.15) is 6.29 Å². The van der Waals surface area contributed by atoms with Crippen LogP contribution in [0.5, 0.6) is 0 Å². The largest absolute Gasteiger partial charge is 0.330 e. The summed E-state index contributed by atoms with van der Waals surface area (Å²) in [5, 5.41) is 0. The number of carbonyl (C=O) groups excluding carboxylic acids is 1. The fourth-order valence-electron chi connectivity index (χ4n) is 2.76. The van der Waals surface area contributed by atoms with Crippen molar-refractivity contribution in [2.24, 2.45) is 5.41 Å². The first-order valence-corrected chi connectivity index (χ1v) is 8.13. The second kappa shape index (κ2) is 5.57. The van der Waals surface area contributed by atoms with Crippen molar-refractivity contribution in [1.82, 2.24) is 0 Å². The van der Waals surface area contributed by atoms with Crippen LogP contribution in [0.4, 0.5) is 11.4 Å². The number of para-hydroxylation sites is 2. The number of fused-ring (bicyclic) bond motifs is 1. The Kier molecular flexibility index (Phi) is 3.77. The summed E-state index contributed by atoms with van der Waals surface area (Å²) in [5.74, 6) is 0.927. The van der Waals surface area contributed by atoms with E-state index < -0.39 is 0 Å². The van der Waals surface area contributed by atoms with E-state index in [9.17, 15) is 4.79 Å². The number of nitrogens with zero attached hydrogens (tertiary/aromatic N) is 1. The van der Waals surface area contributed by atoms with Gasteiger partial charge in [0.2, 0.25) is 0 Å². The molecule has 1 unspecified atom stereocenters. The molecule has 21 heavy (non-hydrogen) atoms. The third-order valence-electron chi connectivity index (χ3n) is 3.97. The molecule has 1 heterocycles. The topological polar surface area (TPSA) is 20.3 Å². The lowest BCUT2D eigenvalue weighted by Crippen LogP contribution is -2.44. The Morgan fingerprint density at radius 3 is 2.48 bits per heavy atom. The number of benzene rings is 2. The maximum atomic E-state index is 11.9. The molecule has 0 spiro atoms. The minimum atomic E-state index is -0.170. The third kappa shape index (κ3) is 2.58. The minimum Gasteiger partial charge on any atom is -0.330 e. The fourth-order valence-corrected chi connectivity index (χ4v) is 3.95. The summed E-state index contributed by atoms with van der Waals surface area (Å²) in [6.45, 7) is 4.34. The van der Waals surface area contributed by atoms with Crippen LogP contribution in [0.25, 0.3) is 0 Å². The van der Waals surface area contributed by atoms with Gasteiger partial charge in [-0.3, -0.25) is 0 Å². The van der Waals surface area contributed by atoms with Gasteiger partial charge >= 0.3 is 0 Å². The first-order valence-electron chi connectivity index (χ1n) is 7.15. The van der Waals surface area contributed by atoms with E-state index >= 15 is 0 Å². The number of hydrogen-bond acceptors (Lipinski definition) is 3. The molecule has 2 aromatic rings. The third-order valence-corrected chi connectivity index (χ3v) is 5.51. The highest BCUT2D eigenvalue weighted by molar-refractivity contribution is 7.99. The van der Waals surface area contributed by atoms with Crippen LogP contribution in [-0.4, -0.2) is 18.1 Å². The summed E-state index contributed by atoms with van der Waals surface area (Å²) in [4.78, 5) is 15.3. The average molecular weight is 297 g/mol. The van der Waals surface area contributed by atoms with Crippen molar-refractivity contribution < 1.29 is 4.79 Å². The zero-order valence-electron chi connectivity index (χ0n) is 12.3. The van der Waals surface area contributed by atoms with Gasteiger partial charge < -0.3 is 9.69 Å². The van der Waals surface area contributed by atoms with Gasteiger partial charge in [-0.1, -0.05) is 44.2 Å². The van der Waals surface area contributed by atoms with Gasteiger partial charge in [-0.15, -0.1) is 11.8 Å². The maximum Gasteiger partial charge on any atom is 0.143 e. The summed E-state index contributed by atoms with van der Waals surface area (Å²) in [6.07, 6.45) is 1.09. The molecule has 0 amide bonds. The first kappa shape index (κ1) is 14.2. The van der Waals surface area contributed by atoms with Gasteiger partial charge in [-0.05, 0) is 24.3 Å². The van der Waals surface area contributed by atoms with Gasteiger partial charge in [0, 0.05) is 21.8 Å². The molecule has 3 heteroatoms. The number of aldehydes is 1. The lowest BCUT2D eigenvalue weighted by atomic mass is 9.85. The molecule has 0 N–H and O–H groups in total. The van der Waals surface area contributed by atoms with E-state index in [0.29, 0.717) is 0 Å². The van der Waals surface area contributed by atoms with Gasteiger partial charge in [0.15, 0.2) is 0 Å². The molecule has 1 atom stereocenters. The minimum absolute atomic E-state index is 0.0960. The second-order valence-corrected chi connectivity index (χ2v) is 7.05. The Morgan fingerprint density at radius 1 is 1.10 bits per heavy atom. The highest BCUT2D eigenvalue weighted by Crippen LogP contribution is 2.45. The van der Waals surface area contributed by atoms with Crippen LogP contribution in [-0.2, 0) is 4.79 Å². The van der Waals surface area contributed by atoms with Gasteiger partial charge in [-0.2, -0.15) is 0 Å². The summed E-state index contributed by atoms with van der Waals surface area (Å²) >= 11 is 1.83. The number of anilines is 2. The molecule has 108 valence electrons. The highest BCUT2D eigenvalue weighted by atomic mass is 32.2. The van der Waals surface area contributed by atoms with Gasteiger partial charge in [-0.25, -0.2) is 0 Å². The monoisotopic (exact) mass is 297 g/mol. The van der Waals surface area contributed by atoms with E-state index in [1.165, 1.54) is 4.90 Å². The number of carbonyl (C=O) groups is 1. The van der Waals surface area contributed by atoms with Crippen LogP contribution in [0.2, 0.25) is 0 Å². The van der Waals surface area contributed by atoms with E-state index in [-0.39, 0.29) is 11.5 Å². The Hall–Kier alpha value is -1.74. The molecule has 0 aromatic heterocycles. The Labute approximate surface area is 130 Å². The van der Waals surface area contributed by atoms with Crippen LogP contribution in [0, 0.1) is 5.41 Å². The van der Waals surface area contributed by atoms with Crippen LogP contribution < -0.4 is 4.90 Å². The SMILES string of the molecule is CC1(C)CSc2ccccc2N(c2ccccc2)C1C=O. The summed E-state index contributed by atoms with van der Waals surface area (Å²) in [5.41, 5.74) is 2.09. The molecule has 3 rings (SSSR count). The average Bonchev–Trinajstić information content (AvgIpc) is 2.62. The molecule has 0 aliphatic carbocycles. The van der Waals surface area contributed by atoms with Crippen molar-refractivity contribution in [2.75, 3.05) is 10.7 Å². The molecule has 0 bridgehead atoms. The van der Waals surface area contributed by atoms with Crippen molar-refractivity contribution in [3.05, 3.63) is 54.6 Å². The maximum absolute atomic E-state index is 11.9. The molecule has 0 radical (unpaired) electrons. The summed E-state index contributed by atoms with van der Waals surface area (Å²) in [6, 6.07) is 18.3. The lowest BCUT2D eigenvalue weighted by molar-refractivity contribution is -0.110. The van der Waals surface area contributed by atoms with Crippen LogP contribution in [0.1, 0.15) is 13.8 Å². The standard InChI is InChI=1S/C18H19NOS/c1-18(2)13-21-16-11-7-6-10-15(16)19(17(18)12-20)14-8-4-3-5-9-14/h3-12,17H,13H2,1-2H3. The molecular weight excluding hydrogens is 278 g/mol. The first-order chi connectivity index (χ1) is 10.1. The Balaban J connectivity index is 2.20. The lowest BCUT2D eigenvalue weighted by Gasteiger charge is -2.38. The summed E-state index contributed by atoms with van der Waals surface area (Å²) < 4.78 is 0. The number of hydrogen-bond donors (Lipinski definition) is 0. The molecule has 0 saturated carbocycles. The van der Waals surface area contributed by atoms with E-state index in [0.717, 1.165) is 23.4 Å². The van der Waals surface area contributed by atoms with E-state index in [1.807, 2.05) is 36.0 Å². The van der Waals surface area contributed by atoms with Crippen molar-refractivity contribution in [2.45, 2.75) is 24.8 Å². The zero-order valence-corrected chi connectivity index (χ0v) is 13.1. The van der Waals surface area contributed by atoms with Crippen LogP contribution >= 0.6 is 11.8 Å². The predicted molar refractivity (Wildman–Crippen MR) is 89.4 cm³/mol.